The van der Waals surface area contributed by atoms with Crippen LogP contribution in [0.2, 0.25) is 0 Å². The fourth-order valence-corrected chi connectivity index (χ4v) is 1.82. The Bertz CT molecular complexity index is 164. The van der Waals surface area contributed by atoms with Gasteiger partial charge in [-0.1, -0.05) is 0 Å². The van der Waals surface area contributed by atoms with Gasteiger partial charge in [-0.15, -0.1) is 0 Å². The number of nitrogens with zero attached hydrogens (tertiary/aromatic N) is 1. The molecule has 0 aliphatic heterocycles. The highest BCUT2D eigenvalue weighted by atomic mass is 32.1. The molecule has 1 fully saturated rings. The van der Waals surface area contributed by atoms with Gasteiger partial charge in [0.15, 0.2) is 5.11 Å². The van der Waals surface area contributed by atoms with E-state index in [0.717, 1.165) is 25.7 Å². The largest absolute Gasteiger partial charge is 0.376 e. The third-order valence-corrected chi connectivity index (χ3v) is 2.92. The topological polar surface area (TPSA) is 55.3 Å². The summed E-state index contributed by atoms with van der Waals surface area (Å²) in [7, 11) is 1.96. The van der Waals surface area contributed by atoms with E-state index in [4.69, 9.17) is 23.7 Å². The summed E-state index contributed by atoms with van der Waals surface area (Å²) in [5.74, 6) is 0. The fourth-order valence-electron chi connectivity index (χ4n) is 1.67. The maximum Gasteiger partial charge on any atom is 0.166 e. The lowest BCUT2D eigenvalue weighted by Gasteiger charge is -2.33. The summed E-state index contributed by atoms with van der Waals surface area (Å²) in [5, 5.41) is 0.496. The molecule has 0 aromatic carbocycles. The molecule has 0 heterocycles. The van der Waals surface area contributed by atoms with Gasteiger partial charge in [0.25, 0.3) is 0 Å². The molecule has 12 heavy (non-hydrogen) atoms. The van der Waals surface area contributed by atoms with Crippen molar-refractivity contribution in [2.75, 3.05) is 7.05 Å². The summed E-state index contributed by atoms with van der Waals surface area (Å²) in [6.45, 7) is 0. The van der Waals surface area contributed by atoms with Crippen molar-refractivity contribution < 1.29 is 0 Å². The second-order valence-corrected chi connectivity index (χ2v) is 3.94. The van der Waals surface area contributed by atoms with Crippen LogP contribution in [0.1, 0.15) is 25.7 Å². The highest BCUT2D eigenvalue weighted by Crippen LogP contribution is 2.20. The first kappa shape index (κ1) is 9.74. The van der Waals surface area contributed by atoms with Crippen molar-refractivity contribution in [3.63, 3.8) is 0 Å². The minimum absolute atomic E-state index is 0.390. The molecular formula is C8H17N3S. The second kappa shape index (κ2) is 4.05. The van der Waals surface area contributed by atoms with E-state index in [-0.39, 0.29) is 0 Å². The number of thiocarbonyl (C=S) groups is 1. The van der Waals surface area contributed by atoms with Crippen LogP contribution in [0.4, 0.5) is 0 Å². The van der Waals surface area contributed by atoms with Crippen LogP contribution in [0, 0.1) is 0 Å². The van der Waals surface area contributed by atoms with E-state index in [1.165, 1.54) is 0 Å². The molecule has 0 spiro atoms. The Kier molecular flexibility index (Phi) is 3.29. The Hall–Kier alpha value is -0.350. The molecule has 4 heteroatoms. The smallest absolute Gasteiger partial charge is 0.166 e. The van der Waals surface area contributed by atoms with E-state index in [1.807, 2.05) is 11.9 Å². The van der Waals surface area contributed by atoms with Gasteiger partial charge in [-0.3, -0.25) is 0 Å². The predicted octanol–water partition coefficient (Wildman–Crippen LogP) is 0.432. The zero-order valence-electron chi connectivity index (χ0n) is 7.49. The molecule has 4 N–H and O–H groups in total. The van der Waals surface area contributed by atoms with Gasteiger partial charge in [0.05, 0.1) is 0 Å². The van der Waals surface area contributed by atoms with E-state index >= 15 is 0 Å². The standard InChI is InChI=1S/C8H17N3S/c1-11(8(10)12)7-4-2-6(9)3-5-7/h6-7H,2-5,9H2,1H3,(H2,10,12)/t6-,7-. The molecule has 0 aromatic heterocycles. The van der Waals surface area contributed by atoms with E-state index in [9.17, 15) is 0 Å². The van der Waals surface area contributed by atoms with E-state index in [2.05, 4.69) is 0 Å². The zero-order chi connectivity index (χ0) is 9.14. The Morgan fingerprint density at radius 3 is 2.25 bits per heavy atom. The van der Waals surface area contributed by atoms with E-state index in [0.29, 0.717) is 17.2 Å². The first-order valence-electron chi connectivity index (χ1n) is 4.39. The maximum absolute atomic E-state index is 5.79. The minimum Gasteiger partial charge on any atom is -0.376 e. The van der Waals surface area contributed by atoms with Crippen LogP contribution in [-0.4, -0.2) is 29.1 Å². The summed E-state index contributed by atoms with van der Waals surface area (Å²) in [4.78, 5) is 1.99. The van der Waals surface area contributed by atoms with Crippen molar-refractivity contribution >= 4 is 17.3 Å². The monoisotopic (exact) mass is 187 g/mol. The predicted molar refractivity (Wildman–Crippen MR) is 54.8 cm³/mol. The molecule has 0 amide bonds. The first-order valence-corrected chi connectivity index (χ1v) is 4.80. The lowest BCUT2D eigenvalue weighted by Crippen LogP contribution is -2.44. The normalized spacial score (nSPS) is 29.8. The first-order chi connectivity index (χ1) is 5.61. The van der Waals surface area contributed by atoms with Crippen LogP contribution in [0.3, 0.4) is 0 Å². The Balaban J connectivity index is 2.39. The van der Waals surface area contributed by atoms with E-state index < -0.39 is 0 Å². The maximum atomic E-state index is 5.79. The van der Waals surface area contributed by atoms with Gasteiger partial charge in [0.2, 0.25) is 0 Å². The highest BCUT2D eigenvalue weighted by molar-refractivity contribution is 7.80. The van der Waals surface area contributed by atoms with Crippen LogP contribution in [-0.2, 0) is 0 Å². The molecule has 0 aromatic rings. The molecule has 1 aliphatic carbocycles. The lowest BCUT2D eigenvalue weighted by atomic mass is 9.91. The molecule has 1 saturated carbocycles. The van der Waals surface area contributed by atoms with Crippen molar-refractivity contribution in [3.05, 3.63) is 0 Å². The summed E-state index contributed by atoms with van der Waals surface area (Å²) in [6.07, 6.45) is 4.43. The highest BCUT2D eigenvalue weighted by Gasteiger charge is 2.22. The molecule has 0 bridgehead atoms. The van der Waals surface area contributed by atoms with Gasteiger partial charge in [-0.2, -0.15) is 0 Å². The molecular weight excluding hydrogens is 170 g/mol. The summed E-state index contributed by atoms with van der Waals surface area (Å²) in [6, 6.07) is 0.906. The van der Waals surface area contributed by atoms with Crippen LogP contribution < -0.4 is 11.5 Å². The van der Waals surface area contributed by atoms with Crippen molar-refractivity contribution in [3.8, 4) is 0 Å². The fraction of sp³-hybridized carbons (Fsp3) is 0.875. The number of rotatable bonds is 1. The molecule has 70 valence electrons. The van der Waals surface area contributed by atoms with Crippen LogP contribution in [0.5, 0.6) is 0 Å². The van der Waals surface area contributed by atoms with Gasteiger partial charge in [0, 0.05) is 19.1 Å². The zero-order valence-corrected chi connectivity index (χ0v) is 8.31. The van der Waals surface area contributed by atoms with Gasteiger partial charge in [-0.05, 0) is 37.9 Å². The Labute approximate surface area is 79.1 Å². The van der Waals surface area contributed by atoms with Crippen molar-refractivity contribution in [1.82, 2.24) is 4.90 Å². The third kappa shape index (κ3) is 2.32. The van der Waals surface area contributed by atoms with Crippen LogP contribution >= 0.6 is 12.2 Å². The van der Waals surface area contributed by atoms with Crippen LogP contribution in [0.15, 0.2) is 0 Å². The Morgan fingerprint density at radius 1 is 1.33 bits per heavy atom. The number of hydrogen-bond donors (Lipinski definition) is 2. The van der Waals surface area contributed by atoms with Gasteiger partial charge >= 0.3 is 0 Å². The Morgan fingerprint density at radius 2 is 1.83 bits per heavy atom. The van der Waals surface area contributed by atoms with Crippen molar-refractivity contribution in [1.29, 1.82) is 0 Å². The number of hydrogen-bond acceptors (Lipinski definition) is 2. The third-order valence-electron chi connectivity index (χ3n) is 2.64. The van der Waals surface area contributed by atoms with Crippen LogP contribution in [0.25, 0.3) is 0 Å². The molecule has 0 saturated heterocycles. The molecule has 3 nitrogen and oxygen atoms in total. The lowest BCUT2D eigenvalue weighted by molar-refractivity contribution is 0.263. The van der Waals surface area contributed by atoms with Gasteiger partial charge in [0.1, 0.15) is 0 Å². The quantitative estimate of drug-likeness (QED) is 0.585. The van der Waals surface area contributed by atoms with Gasteiger partial charge < -0.3 is 16.4 Å². The molecule has 0 atom stereocenters. The molecule has 0 radical (unpaired) electrons. The van der Waals surface area contributed by atoms with Gasteiger partial charge in [-0.25, -0.2) is 0 Å². The van der Waals surface area contributed by atoms with Crippen molar-refractivity contribution in [2.24, 2.45) is 11.5 Å². The summed E-state index contributed by atoms with van der Waals surface area (Å²) < 4.78 is 0. The summed E-state index contributed by atoms with van der Waals surface area (Å²) in [5.41, 5.74) is 11.3. The van der Waals surface area contributed by atoms with E-state index in [1.54, 1.807) is 0 Å². The average Bonchev–Trinajstić information content (AvgIpc) is 2.04. The van der Waals surface area contributed by atoms with Crippen molar-refractivity contribution in [2.45, 2.75) is 37.8 Å². The molecule has 0 unspecified atom stereocenters. The average molecular weight is 187 g/mol. The molecule has 1 rings (SSSR count). The second-order valence-electron chi connectivity index (χ2n) is 3.52. The SMILES string of the molecule is CN(C(N)=S)[C@H]1CC[C@H](N)CC1. The number of nitrogens with two attached hydrogens (primary N) is 2. The molecule has 1 aliphatic rings. The summed E-state index contributed by atoms with van der Waals surface area (Å²) >= 11 is 4.90. The minimum atomic E-state index is 0.390.